The predicted molar refractivity (Wildman–Crippen MR) is 73.4 cm³/mol. The van der Waals surface area contributed by atoms with Gasteiger partial charge in [-0.3, -0.25) is 0 Å². The average Bonchev–Trinajstić information content (AvgIpc) is 2.24. The average molecular weight is 242 g/mol. The van der Waals surface area contributed by atoms with Crippen LogP contribution in [0.2, 0.25) is 0 Å². The summed E-state index contributed by atoms with van der Waals surface area (Å²) in [5.41, 5.74) is 0.351. The molecule has 1 aliphatic heterocycles. The number of rotatable bonds is 5. The van der Waals surface area contributed by atoms with Crippen LogP contribution in [0.25, 0.3) is 0 Å². The van der Waals surface area contributed by atoms with Gasteiger partial charge in [-0.15, -0.1) is 0 Å². The SMILES string of the molecule is CNC(CN1CCCC(C)(C)C1)C(C)(C)OC. The van der Waals surface area contributed by atoms with E-state index in [0.29, 0.717) is 11.5 Å². The third-order valence-electron chi connectivity index (χ3n) is 4.13. The van der Waals surface area contributed by atoms with Gasteiger partial charge in [0, 0.05) is 26.2 Å². The maximum atomic E-state index is 5.60. The van der Waals surface area contributed by atoms with Crippen molar-refractivity contribution in [3.63, 3.8) is 0 Å². The lowest BCUT2D eigenvalue weighted by atomic mass is 9.83. The van der Waals surface area contributed by atoms with Gasteiger partial charge in [0.15, 0.2) is 0 Å². The fraction of sp³-hybridized carbons (Fsp3) is 1.00. The molecule has 102 valence electrons. The van der Waals surface area contributed by atoms with Gasteiger partial charge < -0.3 is 15.0 Å². The maximum absolute atomic E-state index is 5.60. The zero-order chi connectivity index (χ0) is 13.1. The second kappa shape index (κ2) is 5.68. The van der Waals surface area contributed by atoms with E-state index in [0.717, 1.165) is 6.54 Å². The Morgan fingerprint density at radius 2 is 2.06 bits per heavy atom. The number of hydrogen-bond acceptors (Lipinski definition) is 3. The Balaban J connectivity index is 2.57. The van der Waals surface area contributed by atoms with Crippen molar-refractivity contribution in [1.82, 2.24) is 10.2 Å². The zero-order valence-electron chi connectivity index (χ0n) is 12.5. The first kappa shape index (κ1) is 14.9. The summed E-state index contributed by atoms with van der Waals surface area (Å²) in [5.74, 6) is 0. The largest absolute Gasteiger partial charge is 0.377 e. The molecular weight excluding hydrogens is 212 g/mol. The molecule has 1 fully saturated rings. The highest BCUT2D eigenvalue weighted by molar-refractivity contribution is 4.89. The highest BCUT2D eigenvalue weighted by atomic mass is 16.5. The number of nitrogens with one attached hydrogen (secondary N) is 1. The van der Waals surface area contributed by atoms with Crippen molar-refractivity contribution in [2.75, 3.05) is 33.8 Å². The summed E-state index contributed by atoms with van der Waals surface area (Å²) in [6.07, 6.45) is 2.66. The van der Waals surface area contributed by atoms with Crippen LogP contribution in [-0.2, 0) is 4.74 Å². The third kappa shape index (κ3) is 4.23. The van der Waals surface area contributed by atoms with E-state index in [1.54, 1.807) is 7.11 Å². The van der Waals surface area contributed by atoms with Crippen LogP contribution in [0.4, 0.5) is 0 Å². The lowest BCUT2D eigenvalue weighted by Gasteiger charge is -2.42. The third-order valence-corrected chi connectivity index (χ3v) is 4.13. The molecule has 0 saturated carbocycles. The minimum atomic E-state index is -0.115. The Labute approximate surface area is 107 Å². The fourth-order valence-corrected chi connectivity index (χ4v) is 2.76. The van der Waals surface area contributed by atoms with Crippen LogP contribution in [0, 0.1) is 5.41 Å². The van der Waals surface area contributed by atoms with E-state index in [1.165, 1.54) is 25.9 Å². The molecule has 3 heteroatoms. The van der Waals surface area contributed by atoms with Gasteiger partial charge in [-0.1, -0.05) is 13.8 Å². The van der Waals surface area contributed by atoms with Gasteiger partial charge in [-0.05, 0) is 45.7 Å². The molecular formula is C14H30N2O. The molecule has 1 heterocycles. The monoisotopic (exact) mass is 242 g/mol. The highest BCUT2D eigenvalue weighted by Gasteiger charge is 2.33. The molecule has 0 aromatic carbocycles. The van der Waals surface area contributed by atoms with Gasteiger partial charge in [0.25, 0.3) is 0 Å². The molecule has 1 N–H and O–H groups in total. The van der Waals surface area contributed by atoms with Crippen LogP contribution in [0.5, 0.6) is 0 Å². The molecule has 1 unspecified atom stereocenters. The van der Waals surface area contributed by atoms with E-state index >= 15 is 0 Å². The van der Waals surface area contributed by atoms with E-state index in [1.807, 2.05) is 7.05 Å². The lowest BCUT2D eigenvalue weighted by molar-refractivity contribution is -0.0242. The molecule has 0 aliphatic carbocycles. The molecule has 1 rings (SSSR count). The summed E-state index contributed by atoms with van der Waals surface area (Å²) in [7, 11) is 3.82. The number of likely N-dealkylation sites (N-methyl/N-ethyl adjacent to an activating group) is 1. The van der Waals surface area contributed by atoms with Gasteiger partial charge in [0.2, 0.25) is 0 Å². The van der Waals surface area contributed by atoms with Crippen molar-refractivity contribution >= 4 is 0 Å². The zero-order valence-corrected chi connectivity index (χ0v) is 12.5. The number of ether oxygens (including phenoxy) is 1. The van der Waals surface area contributed by atoms with Crippen molar-refractivity contribution in [1.29, 1.82) is 0 Å². The van der Waals surface area contributed by atoms with Crippen molar-refractivity contribution in [2.45, 2.75) is 52.2 Å². The molecule has 0 aromatic rings. The van der Waals surface area contributed by atoms with E-state index in [2.05, 4.69) is 37.9 Å². The molecule has 0 amide bonds. The second-order valence-electron chi connectivity index (χ2n) is 6.65. The summed E-state index contributed by atoms with van der Waals surface area (Å²) in [5, 5.41) is 3.40. The van der Waals surface area contributed by atoms with Gasteiger partial charge in [0.05, 0.1) is 5.60 Å². The van der Waals surface area contributed by atoms with E-state index in [4.69, 9.17) is 4.74 Å². The Bertz CT molecular complexity index is 238. The van der Waals surface area contributed by atoms with Crippen molar-refractivity contribution < 1.29 is 4.74 Å². The molecule has 0 bridgehead atoms. The number of piperidine rings is 1. The van der Waals surface area contributed by atoms with E-state index in [9.17, 15) is 0 Å². The first-order valence-corrected chi connectivity index (χ1v) is 6.75. The topological polar surface area (TPSA) is 24.5 Å². The fourth-order valence-electron chi connectivity index (χ4n) is 2.76. The number of nitrogens with zero attached hydrogens (tertiary/aromatic N) is 1. The smallest absolute Gasteiger partial charge is 0.0787 e. The minimum absolute atomic E-state index is 0.115. The maximum Gasteiger partial charge on any atom is 0.0787 e. The minimum Gasteiger partial charge on any atom is -0.377 e. The van der Waals surface area contributed by atoms with Crippen LogP contribution < -0.4 is 5.32 Å². The first-order valence-electron chi connectivity index (χ1n) is 6.75. The summed E-state index contributed by atoms with van der Waals surface area (Å²) in [6.45, 7) is 12.5. The molecule has 17 heavy (non-hydrogen) atoms. The lowest BCUT2D eigenvalue weighted by Crippen LogP contribution is -2.55. The molecule has 1 saturated heterocycles. The Kier molecular flexibility index (Phi) is 4.99. The highest BCUT2D eigenvalue weighted by Crippen LogP contribution is 2.29. The Hall–Kier alpha value is -0.120. The predicted octanol–water partition coefficient (Wildman–Crippen LogP) is 2.12. The second-order valence-corrected chi connectivity index (χ2v) is 6.65. The first-order chi connectivity index (χ1) is 7.80. The van der Waals surface area contributed by atoms with Crippen LogP contribution in [0.1, 0.15) is 40.5 Å². The van der Waals surface area contributed by atoms with Crippen molar-refractivity contribution in [3.8, 4) is 0 Å². The van der Waals surface area contributed by atoms with Crippen molar-refractivity contribution in [2.24, 2.45) is 5.41 Å². The normalized spacial score (nSPS) is 23.6. The van der Waals surface area contributed by atoms with Gasteiger partial charge >= 0.3 is 0 Å². The Morgan fingerprint density at radius 3 is 2.53 bits per heavy atom. The van der Waals surface area contributed by atoms with Crippen LogP contribution in [-0.4, -0.2) is 50.3 Å². The Morgan fingerprint density at radius 1 is 1.41 bits per heavy atom. The van der Waals surface area contributed by atoms with E-state index < -0.39 is 0 Å². The van der Waals surface area contributed by atoms with Crippen LogP contribution >= 0.6 is 0 Å². The molecule has 0 radical (unpaired) electrons. The quantitative estimate of drug-likeness (QED) is 0.799. The van der Waals surface area contributed by atoms with E-state index in [-0.39, 0.29) is 5.60 Å². The van der Waals surface area contributed by atoms with Crippen molar-refractivity contribution in [3.05, 3.63) is 0 Å². The standard InChI is InChI=1S/C14H30N2O/c1-13(2)8-7-9-16(11-13)10-12(15-5)14(3,4)17-6/h12,15H,7-11H2,1-6H3. The molecule has 3 nitrogen and oxygen atoms in total. The summed E-state index contributed by atoms with van der Waals surface area (Å²) in [6, 6.07) is 0.376. The van der Waals surface area contributed by atoms with Crippen LogP contribution in [0.3, 0.4) is 0 Å². The van der Waals surface area contributed by atoms with Gasteiger partial charge in [-0.2, -0.15) is 0 Å². The molecule has 0 aromatic heterocycles. The van der Waals surface area contributed by atoms with Crippen LogP contribution in [0.15, 0.2) is 0 Å². The number of methoxy groups -OCH3 is 1. The summed E-state index contributed by atoms with van der Waals surface area (Å²) >= 11 is 0. The number of hydrogen-bond donors (Lipinski definition) is 1. The molecule has 0 spiro atoms. The molecule has 1 atom stereocenters. The summed E-state index contributed by atoms with van der Waals surface area (Å²) < 4.78 is 5.60. The number of likely N-dealkylation sites (tertiary alicyclic amines) is 1. The van der Waals surface area contributed by atoms with Gasteiger partial charge in [-0.25, -0.2) is 0 Å². The summed E-state index contributed by atoms with van der Waals surface area (Å²) in [4.78, 5) is 2.57. The van der Waals surface area contributed by atoms with Gasteiger partial charge in [0.1, 0.15) is 0 Å². The molecule has 1 aliphatic rings.